The lowest BCUT2D eigenvalue weighted by molar-refractivity contribution is 0.404. The van der Waals surface area contributed by atoms with Gasteiger partial charge in [0, 0.05) is 12.0 Å². The van der Waals surface area contributed by atoms with Crippen LogP contribution in [0.3, 0.4) is 0 Å². The minimum absolute atomic E-state index is 0.222. The van der Waals surface area contributed by atoms with Crippen molar-refractivity contribution in [3.63, 3.8) is 0 Å². The summed E-state index contributed by atoms with van der Waals surface area (Å²) in [4.78, 5) is 0. The van der Waals surface area contributed by atoms with Crippen LogP contribution in [0.2, 0.25) is 0 Å². The molecule has 0 bridgehead atoms. The summed E-state index contributed by atoms with van der Waals surface area (Å²) in [5, 5.41) is 0. The average molecular weight is 189 g/mol. The fourth-order valence-corrected chi connectivity index (χ4v) is 2.49. The van der Waals surface area contributed by atoms with Crippen LogP contribution >= 0.6 is 0 Å². The van der Waals surface area contributed by atoms with Crippen molar-refractivity contribution in [2.45, 2.75) is 38.5 Å². The molecule has 0 aromatic heterocycles. The minimum Gasteiger partial charge on any atom is -0.330 e. The Morgan fingerprint density at radius 2 is 2.21 bits per heavy atom. The van der Waals surface area contributed by atoms with Crippen molar-refractivity contribution in [2.75, 3.05) is 6.54 Å². The van der Waals surface area contributed by atoms with Crippen molar-refractivity contribution in [3.05, 3.63) is 34.9 Å². The molecule has 1 heteroatoms. The molecule has 1 aliphatic carbocycles. The number of hydrogen-bond donors (Lipinski definition) is 1. The normalized spacial score (nSPS) is 25.9. The van der Waals surface area contributed by atoms with Crippen LogP contribution in [0.25, 0.3) is 0 Å². The zero-order valence-corrected chi connectivity index (χ0v) is 9.14. The second-order valence-electron chi connectivity index (χ2n) is 4.78. The molecule has 0 fully saturated rings. The molecular formula is C13H19N. The Morgan fingerprint density at radius 3 is 2.93 bits per heavy atom. The molecule has 1 atom stereocenters. The Labute approximate surface area is 86.3 Å². The third-order valence-electron chi connectivity index (χ3n) is 3.54. The van der Waals surface area contributed by atoms with Gasteiger partial charge in [-0.3, -0.25) is 0 Å². The van der Waals surface area contributed by atoms with Gasteiger partial charge in [-0.1, -0.05) is 30.7 Å². The van der Waals surface area contributed by atoms with Crippen molar-refractivity contribution < 1.29 is 0 Å². The van der Waals surface area contributed by atoms with Crippen LogP contribution in [0.4, 0.5) is 0 Å². The van der Waals surface area contributed by atoms with Crippen LogP contribution in [-0.4, -0.2) is 6.54 Å². The molecule has 0 heterocycles. The topological polar surface area (TPSA) is 26.0 Å². The predicted molar refractivity (Wildman–Crippen MR) is 60.5 cm³/mol. The van der Waals surface area contributed by atoms with Crippen LogP contribution in [0.5, 0.6) is 0 Å². The number of hydrogen-bond acceptors (Lipinski definition) is 1. The van der Waals surface area contributed by atoms with E-state index < -0.39 is 0 Å². The van der Waals surface area contributed by atoms with Crippen molar-refractivity contribution in [1.29, 1.82) is 0 Å². The van der Waals surface area contributed by atoms with Crippen molar-refractivity contribution in [2.24, 2.45) is 5.73 Å². The fraction of sp³-hybridized carbons (Fsp3) is 0.538. The van der Waals surface area contributed by atoms with Gasteiger partial charge in [0.15, 0.2) is 0 Å². The van der Waals surface area contributed by atoms with E-state index in [2.05, 4.69) is 32.0 Å². The first-order chi connectivity index (χ1) is 6.65. The molecule has 0 spiro atoms. The first-order valence-electron chi connectivity index (χ1n) is 5.46. The molecule has 0 radical (unpaired) electrons. The zero-order valence-electron chi connectivity index (χ0n) is 9.14. The molecule has 1 aromatic rings. The summed E-state index contributed by atoms with van der Waals surface area (Å²) in [6.07, 6.45) is 3.74. The van der Waals surface area contributed by atoms with Gasteiger partial charge in [-0.05, 0) is 37.3 Å². The van der Waals surface area contributed by atoms with Crippen LogP contribution in [-0.2, 0) is 11.8 Å². The van der Waals surface area contributed by atoms with Crippen LogP contribution in [0.15, 0.2) is 18.2 Å². The van der Waals surface area contributed by atoms with E-state index in [0.717, 1.165) is 6.54 Å². The summed E-state index contributed by atoms with van der Waals surface area (Å²) < 4.78 is 0. The molecule has 0 saturated carbocycles. The van der Waals surface area contributed by atoms with Gasteiger partial charge in [0.25, 0.3) is 0 Å². The maximum absolute atomic E-state index is 5.90. The van der Waals surface area contributed by atoms with Crippen molar-refractivity contribution >= 4 is 0 Å². The smallest absolute Gasteiger partial charge is 0.00502 e. The molecule has 1 aliphatic rings. The third kappa shape index (κ3) is 1.46. The highest BCUT2D eigenvalue weighted by molar-refractivity contribution is 5.39. The predicted octanol–water partition coefficient (Wildman–Crippen LogP) is 2.55. The second kappa shape index (κ2) is 3.39. The summed E-state index contributed by atoms with van der Waals surface area (Å²) in [7, 11) is 0. The molecule has 1 unspecified atom stereocenters. The Morgan fingerprint density at radius 1 is 1.43 bits per heavy atom. The highest BCUT2D eigenvalue weighted by atomic mass is 14.6. The van der Waals surface area contributed by atoms with E-state index >= 15 is 0 Å². The second-order valence-corrected chi connectivity index (χ2v) is 4.78. The number of benzene rings is 1. The van der Waals surface area contributed by atoms with Gasteiger partial charge in [-0.25, -0.2) is 0 Å². The Kier molecular flexibility index (Phi) is 2.36. The van der Waals surface area contributed by atoms with Gasteiger partial charge in [-0.15, -0.1) is 0 Å². The van der Waals surface area contributed by atoms with Crippen LogP contribution in [0.1, 0.15) is 36.5 Å². The monoisotopic (exact) mass is 189 g/mol. The maximum atomic E-state index is 5.90. The molecule has 0 saturated heterocycles. The van der Waals surface area contributed by atoms with Crippen LogP contribution < -0.4 is 5.73 Å². The Hall–Kier alpha value is -0.820. The van der Waals surface area contributed by atoms with Gasteiger partial charge >= 0.3 is 0 Å². The zero-order chi connectivity index (χ0) is 10.2. The van der Waals surface area contributed by atoms with Gasteiger partial charge in [-0.2, -0.15) is 0 Å². The van der Waals surface area contributed by atoms with E-state index in [-0.39, 0.29) is 5.41 Å². The molecule has 1 aromatic carbocycles. The van der Waals surface area contributed by atoms with Crippen molar-refractivity contribution in [1.82, 2.24) is 0 Å². The minimum atomic E-state index is 0.222. The van der Waals surface area contributed by atoms with E-state index in [0.29, 0.717) is 0 Å². The number of nitrogens with two attached hydrogens (primary N) is 1. The summed E-state index contributed by atoms with van der Waals surface area (Å²) in [6.45, 7) is 5.22. The summed E-state index contributed by atoms with van der Waals surface area (Å²) in [5.74, 6) is 0. The van der Waals surface area contributed by atoms with Crippen LogP contribution in [0, 0.1) is 6.92 Å². The summed E-state index contributed by atoms with van der Waals surface area (Å²) in [5.41, 5.74) is 10.5. The largest absolute Gasteiger partial charge is 0.330 e. The number of rotatable bonds is 1. The standard InChI is InChI=1S/C13H19N/c1-10-5-6-11-4-3-7-13(2,9-14)12(11)8-10/h5-6,8H,3-4,7,9,14H2,1-2H3. The lowest BCUT2D eigenvalue weighted by Crippen LogP contribution is -2.35. The molecule has 2 rings (SSSR count). The van der Waals surface area contributed by atoms with E-state index in [4.69, 9.17) is 5.73 Å². The number of fused-ring (bicyclic) bond motifs is 1. The highest BCUT2D eigenvalue weighted by Crippen LogP contribution is 2.36. The lowest BCUT2D eigenvalue weighted by Gasteiger charge is -2.35. The maximum Gasteiger partial charge on any atom is 0.00502 e. The van der Waals surface area contributed by atoms with E-state index in [1.165, 1.54) is 36.0 Å². The van der Waals surface area contributed by atoms with E-state index in [1.807, 2.05) is 0 Å². The summed E-state index contributed by atoms with van der Waals surface area (Å²) in [6, 6.07) is 6.81. The molecular weight excluding hydrogens is 170 g/mol. The SMILES string of the molecule is Cc1ccc2c(c1)C(C)(CN)CCC2. The third-order valence-corrected chi connectivity index (χ3v) is 3.54. The van der Waals surface area contributed by atoms with Gasteiger partial charge in [0.2, 0.25) is 0 Å². The first-order valence-corrected chi connectivity index (χ1v) is 5.46. The summed E-state index contributed by atoms with van der Waals surface area (Å²) >= 11 is 0. The van der Waals surface area contributed by atoms with Gasteiger partial charge in [0.1, 0.15) is 0 Å². The van der Waals surface area contributed by atoms with E-state index in [1.54, 1.807) is 0 Å². The lowest BCUT2D eigenvalue weighted by atomic mass is 9.71. The average Bonchev–Trinajstić information content (AvgIpc) is 2.20. The Bertz CT molecular complexity index is 343. The fourth-order valence-electron chi connectivity index (χ4n) is 2.49. The first kappa shape index (κ1) is 9.72. The molecule has 76 valence electrons. The van der Waals surface area contributed by atoms with E-state index in [9.17, 15) is 0 Å². The highest BCUT2D eigenvalue weighted by Gasteiger charge is 2.30. The molecule has 1 nitrogen and oxygen atoms in total. The Balaban J connectivity index is 2.52. The van der Waals surface area contributed by atoms with Gasteiger partial charge in [0.05, 0.1) is 0 Å². The molecule has 0 aliphatic heterocycles. The van der Waals surface area contributed by atoms with Crippen molar-refractivity contribution in [3.8, 4) is 0 Å². The number of aryl methyl sites for hydroxylation is 2. The molecule has 0 amide bonds. The molecule has 14 heavy (non-hydrogen) atoms. The van der Waals surface area contributed by atoms with Gasteiger partial charge < -0.3 is 5.73 Å². The quantitative estimate of drug-likeness (QED) is 0.722. The molecule has 2 N–H and O–H groups in total.